The van der Waals surface area contributed by atoms with Gasteiger partial charge in [-0.3, -0.25) is 10.4 Å². The maximum Gasteiger partial charge on any atom is 0.151 e. The third kappa shape index (κ3) is 4.37. The van der Waals surface area contributed by atoms with Gasteiger partial charge < -0.3 is 15.4 Å². The van der Waals surface area contributed by atoms with Crippen molar-refractivity contribution >= 4 is 34.8 Å². The van der Waals surface area contributed by atoms with Gasteiger partial charge in [-0.25, -0.2) is 14.4 Å². The summed E-state index contributed by atoms with van der Waals surface area (Å²) in [5.74, 6) is 0.589. The maximum absolute atomic E-state index is 14.9. The number of amidine groups is 1. The zero-order valence-corrected chi connectivity index (χ0v) is 19.6. The molecule has 2 atom stereocenters. The van der Waals surface area contributed by atoms with Gasteiger partial charge in [-0.1, -0.05) is 30.2 Å². The third-order valence-corrected chi connectivity index (χ3v) is 6.83. The first-order valence-corrected chi connectivity index (χ1v) is 11.8. The van der Waals surface area contributed by atoms with Gasteiger partial charge in [0.1, 0.15) is 34.9 Å². The number of pyridine rings is 1. The van der Waals surface area contributed by atoms with E-state index in [1.165, 1.54) is 6.07 Å². The first kappa shape index (κ1) is 23.0. The van der Waals surface area contributed by atoms with Gasteiger partial charge in [0.15, 0.2) is 5.84 Å². The summed E-state index contributed by atoms with van der Waals surface area (Å²) in [5.41, 5.74) is 9.02. The number of imidazole rings is 1. The van der Waals surface area contributed by atoms with Crippen molar-refractivity contribution in [1.29, 1.82) is 5.41 Å². The molecule has 35 heavy (non-hydrogen) atoms. The SMILES string of the molecule is N=CN=C(N)c1cc2c(cn1)nc(-c1ccccc1F)n2C1CCCC(c2cc(Cl)ccc2O)C1. The van der Waals surface area contributed by atoms with E-state index in [0.29, 0.717) is 27.6 Å². The van der Waals surface area contributed by atoms with E-state index in [9.17, 15) is 9.50 Å². The van der Waals surface area contributed by atoms with Crippen molar-refractivity contribution in [3.05, 3.63) is 76.8 Å². The number of fused-ring (bicyclic) bond motifs is 1. The van der Waals surface area contributed by atoms with Gasteiger partial charge in [0.25, 0.3) is 0 Å². The van der Waals surface area contributed by atoms with E-state index in [1.807, 2.05) is 6.07 Å². The molecule has 2 heterocycles. The molecule has 0 amide bonds. The maximum atomic E-state index is 14.9. The van der Waals surface area contributed by atoms with Crippen LogP contribution in [0.4, 0.5) is 4.39 Å². The number of nitrogens with two attached hydrogens (primary N) is 1. The Bertz CT molecular complexity index is 1450. The second-order valence-corrected chi connectivity index (χ2v) is 9.14. The van der Waals surface area contributed by atoms with Crippen LogP contribution in [-0.2, 0) is 0 Å². The quantitative estimate of drug-likeness (QED) is 0.242. The standard InChI is InChI=1S/C26H24ClFN6O/c27-16-8-9-24(35)19(11-16)15-4-3-5-17(10-15)34-23-12-21(25(30)32-14-29)31-13-22(23)33-26(34)18-6-1-2-7-20(18)28/h1-2,6-9,11-15,17,35H,3-5,10H2,(H3,29,30,32). The Morgan fingerprint density at radius 1 is 1.23 bits per heavy atom. The van der Waals surface area contributed by atoms with E-state index < -0.39 is 0 Å². The van der Waals surface area contributed by atoms with Gasteiger partial charge in [0.05, 0.1) is 17.3 Å². The predicted molar refractivity (Wildman–Crippen MR) is 136 cm³/mol. The lowest BCUT2D eigenvalue weighted by molar-refractivity contribution is 0.320. The summed E-state index contributed by atoms with van der Waals surface area (Å²) >= 11 is 6.23. The van der Waals surface area contributed by atoms with Crippen LogP contribution in [0.1, 0.15) is 48.9 Å². The Morgan fingerprint density at radius 3 is 2.86 bits per heavy atom. The minimum Gasteiger partial charge on any atom is -0.508 e. The number of aliphatic imine (C=N–C) groups is 1. The Kier molecular flexibility index (Phi) is 6.21. The fraction of sp³-hybridized carbons (Fsp3) is 0.231. The normalized spacial score (nSPS) is 18.6. The molecule has 5 rings (SSSR count). The van der Waals surface area contributed by atoms with Crippen LogP contribution >= 0.6 is 11.6 Å². The lowest BCUT2D eigenvalue weighted by Crippen LogP contribution is -2.20. The zero-order chi connectivity index (χ0) is 24.5. The molecule has 0 saturated heterocycles. The molecule has 4 N–H and O–H groups in total. The summed E-state index contributed by atoms with van der Waals surface area (Å²) in [6.07, 6.45) is 5.90. The number of halogens is 2. The Morgan fingerprint density at radius 2 is 2.06 bits per heavy atom. The van der Waals surface area contributed by atoms with E-state index in [2.05, 4.69) is 14.5 Å². The van der Waals surface area contributed by atoms with Crippen LogP contribution in [0.15, 0.2) is 59.7 Å². The summed E-state index contributed by atoms with van der Waals surface area (Å²) in [4.78, 5) is 12.9. The molecule has 178 valence electrons. The summed E-state index contributed by atoms with van der Waals surface area (Å²) in [6, 6.07) is 13.5. The number of phenols is 1. The Labute approximate surface area is 206 Å². The highest BCUT2D eigenvalue weighted by Gasteiger charge is 2.30. The molecule has 1 aliphatic carbocycles. The van der Waals surface area contributed by atoms with Gasteiger partial charge in [0, 0.05) is 11.1 Å². The second-order valence-electron chi connectivity index (χ2n) is 8.71. The lowest BCUT2D eigenvalue weighted by atomic mass is 9.80. The summed E-state index contributed by atoms with van der Waals surface area (Å²) in [7, 11) is 0. The van der Waals surface area contributed by atoms with Crippen molar-refractivity contribution in [3.63, 3.8) is 0 Å². The molecular formula is C26H24ClFN6O. The van der Waals surface area contributed by atoms with Crippen molar-refractivity contribution in [1.82, 2.24) is 14.5 Å². The Hall–Kier alpha value is -3.78. The number of rotatable bonds is 5. The van der Waals surface area contributed by atoms with E-state index >= 15 is 0 Å². The van der Waals surface area contributed by atoms with Crippen molar-refractivity contribution in [2.75, 3.05) is 0 Å². The number of phenolic OH excluding ortho intramolecular Hbond substituents is 1. The van der Waals surface area contributed by atoms with Crippen molar-refractivity contribution in [3.8, 4) is 17.1 Å². The predicted octanol–water partition coefficient (Wildman–Crippen LogP) is 5.81. The molecule has 9 heteroatoms. The average Bonchev–Trinajstić information content (AvgIpc) is 3.24. The van der Waals surface area contributed by atoms with E-state index in [4.69, 9.17) is 27.7 Å². The molecule has 7 nitrogen and oxygen atoms in total. The van der Waals surface area contributed by atoms with Gasteiger partial charge >= 0.3 is 0 Å². The lowest BCUT2D eigenvalue weighted by Gasteiger charge is -2.32. The van der Waals surface area contributed by atoms with Crippen LogP contribution in [0.3, 0.4) is 0 Å². The van der Waals surface area contributed by atoms with Crippen LogP contribution in [0.5, 0.6) is 5.75 Å². The minimum absolute atomic E-state index is 0.0112. The Balaban J connectivity index is 1.66. The number of benzene rings is 2. The molecule has 2 aromatic heterocycles. The van der Waals surface area contributed by atoms with Crippen LogP contribution in [0.2, 0.25) is 5.02 Å². The summed E-state index contributed by atoms with van der Waals surface area (Å²) < 4.78 is 17.0. The van der Waals surface area contributed by atoms with Crippen LogP contribution < -0.4 is 5.73 Å². The fourth-order valence-corrected chi connectivity index (χ4v) is 5.19. The fourth-order valence-electron chi connectivity index (χ4n) is 5.01. The van der Waals surface area contributed by atoms with E-state index in [1.54, 1.807) is 42.6 Å². The largest absolute Gasteiger partial charge is 0.508 e. The number of nitrogens with one attached hydrogen (secondary N) is 1. The molecule has 1 saturated carbocycles. The smallest absolute Gasteiger partial charge is 0.151 e. The summed E-state index contributed by atoms with van der Waals surface area (Å²) in [6.45, 7) is 0. The van der Waals surface area contributed by atoms with E-state index in [0.717, 1.165) is 43.1 Å². The summed E-state index contributed by atoms with van der Waals surface area (Å²) in [5, 5.41) is 18.3. The molecule has 0 radical (unpaired) electrons. The van der Waals surface area contributed by atoms with Crippen LogP contribution in [-0.4, -0.2) is 31.8 Å². The van der Waals surface area contributed by atoms with Crippen LogP contribution in [0.25, 0.3) is 22.4 Å². The van der Waals surface area contributed by atoms with Gasteiger partial charge in [-0.15, -0.1) is 0 Å². The minimum atomic E-state index is -0.359. The molecule has 2 aromatic carbocycles. The third-order valence-electron chi connectivity index (χ3n) is 6.60. The van der Waals surface area contributed by atoms with Gasteiger partial charge in [-0.05, 0) is 67.1 Å². The van der Waals surface area contributed by atoms with Crippen molar-refractivity contribution in [2.24, 2.45) is 10.7 Å². The average molecular weight is 491 g/mol. The van der Waals surface area contributed by atoms with Crippen molar-refractivity contribution < 1.29 is 9.50 Å². The molecular weight excluding hydrogens is 467 g/mol. The number of nitrogens with zero attached hydrogens (tertiary/aromatic N) is 4. The zero-order valence-electron chi connectivity index (χ0n) is 18.8. The molecule has 4 aromatic rings. The molecule has 2 unspecified atom stereocenters. The number of aromatic nitrogens is 3. The first-order valence-electron chi connectivity index (χ1n) is 11.4. The monoisotopic (exact) mass is 490 g/mol. The van der Waals surface area contributed by atoms with Crippen molar-refractivity contribution in [2.45, 2.75) is 37.6 Å². The highest BCUT2D eigenvalue weighted by atomic mass is 35.5. The molecule has 1 fully saturated rings. The highest BCUT2D eigenvalue weighted by molar-refractivity contribution is 6.30. The number of aromatic hydroxyl groups is 1. The first-order chi connectivity index (χ1) is 17.0. The second kappa shape index (κ2) is 9.46. The van der Waals surface area contributed by atoms with E-state index in [-0.39, 0.29) is 29.4 Å². The highest BCUT2D eigenvalue weighted by Crippen LogP contribution is 2.44. The molecule has 0 aliphatic heterocycles. The molecule has 0 bridgehead atoms. The number of hydrogen-bond donors (Lipinski definition) is 3. The molecule has 1 aliphatic rings. The molecule has 0 spiro atoms. The number of hydrogen-bond acceptors (Lipinski definition) is 4. The van der Waals surface area contributed by atoms with Crippen LogP contribution in [0, 0.1) is 11.2 Å². The topological polar surface area (TPSA) is 113 Å². The van der Waals surface area contributed by atoms with Gasteiger partial charge in [0.2, 0.25) is 0 Å². The van der Waals surface area contributed by atoms with Gasteiger partial charge in [-0.2, -0.15) is 0 Å².